The summed E-state index contributed by atoms with van der Waals surface area (Å²) >= 11 is 0. The second kappa shape index (κ2) is 7.77. The van der Waals surface area contributed by atoms with Crippen LogP contribution < -0.4 is 14.8 Å². The average Bonchev–Trinajstić information content (AvgIpc) is 3.59. The van der Waals surface area contributed by atoms with E-state index in [-0.39, 0.29) is 12.0 Å². The monoisotopic (exact) mass is 552 g/mol. The van der Waals surface area contributed by atoms with Crippen LogP contribution in [0.3, 0.4) is 0 Å². The summed E-state index contributed by atoms with van der Waals surface area (Å²) < 4.78 is 57.9. The summed E-state index contributed by atoms with van der Waals surface area (Å²) in [6.45, 7) is 9.08. The molecule has 8 rings (SSSR count). The summed E-state index contributed by atoms with van der Waals surface area (Å²) in [6.07, 6.45) is 1.72. The minimum absolute atomic E-state index is 0.100. The summed E-state index contributed by atoms with van der Waals surface area (Å²) in [5.41, 5.74) is 1.03. The van der Waals surface area contributed by atoms with E-state index in [9.17, 15) is 18.3 Å². The first-order valence-corrected chi connectivity index (χ1v) is 14.6. The van der Waals surface area contributed by atoms with Gasteiger partial charge in [-0.25, -0.2) is 0 Å². The van der Waals surface area contributed by atoms with Crippen LogP contribution in [0.2, 0.25) is 0 Å². The first-order chi connectivity index (χ1) is 19.1. The van der Waals surface area contributed by atoms with Crippen molar-refractivity contribution >= 4 is 11.1 Å². The molecule has 3 aliphatic heterocycles. The lowest BCUT2D eigenvalue weighted by Crippen LogP contribution is -2.80. The van der Waals surface area contributed by atoms with Gasteiger partial charge in [0.1, 0.15) is 5.60 Å². The third-order valence-electron chi connectivity index (χ3n) is 11.2. The number of rotatable bonds is 5. The van der Waals surface area contributed by atoms with Gasteiger partial charge in [0.15, 0.2) is 17.6 Å². The molecule has 2 fully saturated rings. The Morgan fingerprint density at radius 3 is 2.80 bits per heavy atom. The molecule has 3 aliphatic carbocycles. The lowest BCUT2D eigenvalue weighted by atomic mass is 9.44. The zero-order chi connectivity index (χ0) is 27.8. The molecule has 1 saturated carbocycles. The fraction of sp³-hybridized carbons (Fsp3) is 0.562. The minimum atomic E-state index is -4.60. The number of benzene rings is 1. The van der Waals surface area contributed by atoms with Gasteiger partial charge in [-0.1, -0.05) is 32.1 Å². The van der Waals surface area contributed by atoms with Crippen molar-refractivity contribution in [2.45, 2.75) is 93.2 Å². The maximum Gasteiger partial charge on any atom is 0.416 e. The van der Waals surface area contributed by atoms with E-state index in [1.165, 1.54) is 12.8 Å². The highest BCUT2D eigenvalue weighted by Gasteiger charge is 2.76. The first kappa shape index (κ1) is 25.0. The van der Waals surface area contributed by atoms with Crippen molar-refractivity contribution < 1.29 is 27.8 Å². The number of alkyl halides is 3. The molecular weight excluding hydrogens is 517 g/mol. The van der Waals surface area contributed by atoms with Gasteiger partial charge in [0.25, 0.3) is 0 Å². The molecule has 0 unspecified atom stereocenters. The lowest BCUT2D eigenvalue weighted by molar-refractivity contribution is -0.176. The van der Waals surface area contributed by atoms with E-state index in [4.69, 9.17) is 9.47 Å². The molecule has 4 heterocycles. The van der Waals surface area contributed by atoms with E-state index < -0.39 is 34.4 Å². The van der Waals surface area contributed by atoms with Crippen molar-refractivity contribution in [3.8, 4) is 11.5 Å². The molecule has 2 bridgehead atoms. The van der Waals surface area contributed by atoms with Crippen molar-refractivity contribution in [2.24, 2.45) is 5.92 Å². The van der Waals surface area contributed by atoms with E-state index in [0.29, 0.717) is 66.6 Å². The number of aromatic nitrogens is 1. The average molecular weight is 553 g/mol. The quantitative estimate of drug-likeness (QED) is 0.477. The molecule has 2 N–H and O–H groups in total. The van der Waals surface area contributed by atoms with Crippen LogP contribution in [0.5, 0.6) is 11.5 Å². The number of allylic oxidation sites excluding steroid dienone is 2. The maximum absolute atomic E-state index is 14.4. The highest BCUT2D eigenvalue weighted by Crippen LogP contribution is 2.71. The van der Waals surface area contributed by atoms with E-state index in [2.05, 4.69) is 24.5 Å². The number of methoxy groups -OCH3 is 1. The van der Waals surface area contributed by atoms with E-state index in [1.807, 2.05) is 10.6 Å². The third kappa shape index (κ3) is 2.82. The predicted octanol–water partition coefficient (Wildman–Crippen LogP) is 6.02. The molecule has 212 valence electrons. The number of hydrogen-bond donors (Lipinski definition) is 2. The summed E-state index contributed by atoms with van der Waals surface area (Å²) in [7, 11) is 1.61. The molecule has 8 heteroatoms. The molecule has 1 spiro atoms. The number of piperidine rings is 1. The number of fused-ring (bicyclic) bond motifs is 4. The van der Waals surface area contributed by atoms with Gasteiger partial charge in [-0.3, -0.25) is 0 Å². The zero-order valence-electron chi connectivity index (χ0n) is 22.8. The number of aliphatic hydroxyl groups is 1. The Kier molecular flexibility index (Phi) is 4.86. The molecule has 2 aromatic rings. The molecule has 40 heavy (non-hydrogen) atoms. The first-order valence-electron chi connectivity index (χ1n) is 14.6. The lowest BCUT2D eigenvalue weighted by Gasteiger charge is -2.66. The SMILES string of the molecule is C=C1CCCn2c1c(C(=C)C(F)(F)F)c1c2[C@@H]2Oc3c(OC)ccc4c3[C@@]23CCN[C@](CCC2CC2)(C4)[C@]3(O)C1. The largest absolute Gasteiger partial charge is 0.493 e. The Labute approximate surface area is 232 Å². The van der Waals surface area contributed by atoms with Gasteiger partial charge in [0, 0.05) is 24.1 Å². The second-order valence-electron chi connectivity index (χ2n) is 13.0. The molecule has 0 amide bonds. The number of nitrogens with one attached hydrogen (secondary N) is 1. The summed E-state index contributed by atoms with van der Waals surface area (Å²) in [5.74, 6) is 1.89. The molecule has 1 aromatic carbocycles. The fourth-order valence-electron chi connectivity index (χ4n) is 9.28. The number of nitrogens with zero attached hydrogens (tertiary/aromatic N) is 1. The summed E-state index contributed by atoms with van der Waals surface area (Å²) in [6, 6.07) is 4.04. The number of hydrogen-bond acceptors (Lipinski definition) is 4. The van der Waals surface area contributed by atoms with Crippen LogP contribution >= 0.6 is 0 Å². The molecule has 1 saturated heterocycles. The topological polar surface area (TPSA) is 55.7 Å². The number of halogens is 3. The molecule has 6 aliphatic rings. The Morgan fingerprint density at radius 2 is 2.08 bits per heavy atom. The zero-order valence-corrected chi connectivity index (χ0v) is 22.8. The second-order valence-corrected chi connectivity index (χ2v) is 13.0. The molecule has 0 radical (unpaired) electrons. The maximum atomic E-state index is 14.4. The van der Waals surface area contributed by atoms with Gasteiger partial charge in [0.05, 0.1) is 35.0 Å². The smallest absolute Gasteiger partial charge is 0.416 e. The van der Waals surface area contributed by atoms with E-state index in [1.54, 1.807) is 7.11 Å². The van der Waals surface area contributed by atoms with Crippen LogP contribution in [0.4, 0.5) is 13.2 Å². The van der Waals surface area contributed by atoms with Crippen molar-refractivity contribution in [2.75, 3.05) is 13.7 Å². The van der Waals surface area contributed by atoms with Gasteiger partial charge in [-0.05, 0) is 73.8 Å². The van der Waals surface area contributed by atoms with Crippen molar-refractivity contribution in [3.63, 3.8) is 0 Å². The normalized spacial score (nSPS) is 33.1. The van der Waals surface area contributed by atoms with Crippen LogP contribution in [0.25, 0.3) is 11.1 Å². The van der Waals surface area contributed by atoms with Crippen molar-refractivity contribution in [3.05, 3.63) is 58.9 Å². The Hall–Kier alpha value is -2.71. The standard InChI is InChI=1S/C32H35F3N2O3/c1-17-5-4-14-37-25(17)23(18(2)32(33,34)35)21-16-31(38)29(11-10-19-6-7-19)15-20-8-9-22(39-3)27-24(20)30(31,12-13-36-29)28(40-27)26(21)37/h8-9,19,28,36,38H,1-2,4-7,10-16H2,3H3/t28-,29+,30-,31+/m0/s1. The Morgan fingerprint density at radius 1 is 1.27 bits per heavy atom. The molecule has 1 aromatic heterocycles. The molecule has 4 atom stereocenters. The summed E-state index contributed by atoms with van der Waals surface area (Å²) in [4.78, 5) is 0. The predicted molar refractivity (Wildman–Crippen MR) is 145 cm³/mol. The van der Waals surface area contributed by atoms with Gasteiger partial charge >= 0.3 is 6.18 Å². The number of ether oxygens (including phenoxy) is 2. The van der Waals surface area contributed by atoms with Gasteiger partial charge in [-0.2, -0.15) is 13.2 Å². The van der Waals surface area contributed by atoms with Gasteiger partial charge in [-0.15, -0.1) is 0 Å². The van der Waals surface area contributed by atoms with Crippen LogP contribution in [0, 0.1) is 5.92 Å². The van der Waals surface area contributed by atoms with Gasteiger partial charge < -0.3 is 24.5 Å². The van der Waals surface area contributed by atoms with Crippen molar-refractivity contribution in [1.82, 2.24) is 9.88 Å². The highest BCUT2D eigenvalue weighted by atomic mass is 19.4. The van der Waals surface area contributed by atoms with Crippen molar-refractivity contribution in [1.29, 1.82) is 0 Å². The molecule has 5 nitrogen and oxygen atoms in total. The van der Waals surface area contributed by atoms with Gasteiger partial charge in [0.2, 0.25) is 0 Å². The highest BCUT2D eigenvalue weighted by molar-refractivity contribution is 5.84. The summed E-state index contributed by atoms with van der Waals surface area (Å²) in [5, 5.41) is 17.1. The van der Waals surface area contributed by atoms with Crippen LogP contribution in [-0.2, 0) is 24.8 Å². The Balaban J connectivity index is 1.45. The Bertz CT molecular complexity index is 1500. The van der Waals surface area contributed by atoms with Crippen LogP contribution in [0.15, 0.2) is 25.3 Å². The van der Waals surface area contributed by atoms with E-state index in [0.717, 1.165) is 36.1 Å². The van der Waals surface area contributed by atoms with Crippen LogP contribution in [0.1, 0.15) is 84.7 Å². The van der Waals surface area contributed by atoms with Crippen LogP contribution in [-0.4, -0.2) is 40.6 Å². The fourth-order valence-corrected chi connectivity index (χ4v) is 9.28. The minimum Gasteiger partial charge on any atom is -0.493 e. The molecular formula is C32H35F3N2O3. The van der Waals surface area contributed by atoms with E-state index >= 15 is 0 Å². The third-order valence-corrected chi connectivity index (χ3v) is 11.2.